The van der Waals surface area contributed by atoms with Crippen molar-refractivity contribution in [1.29, 1.82) is 0 Å². The monoisotopic (exact) mass is 239 g/mol. The minimum Gasteiger partial charge on any atom is -0.493 e. The van der Waals surface area contributed by atoms with Gasteiger partial charge < -0.3 is 15.2 Å². The van der Waals surface area contributed by atoms with E-state index in [0.29, 0.717) is 11.8 Å². The van der Waals surface area contributed by atoms with Crippen LogP contribution >= 0.6 is 0 Å². The Balaban J connectivity index is 2.22. The first-order valence-corrected chi connectivity index (χ1v) is 6.04. The van der Waals surface area contributed by atoms with Gasteiger partial charge in [0.05, 0.1) is 25.0 Å². The van der Waals surface area contributed by atoms with Crippen molar-refractivity contribution in [3.63, 3.8) is 0 Å². The Labute approximate surface area is 102 Å². The second-order valence-corrected chi connectivity index (χ2v) is 4.75. The van der Waals surface area contributed by atoms with Crippen molar-refractivity contribution < 1.29 is 9.47 Å². The van der Waals surface area contributed by atoms with Crippen LogP contribution in [0.3, 0.4) is 0 Å². The van der Waals surface area contributed by atoms with E-state index in [0.717, 1.165) is 31.1 Å². The molecule has 1 aromatic rings. The minimum atomic E-state index is -0.0450. The van der Waals surface area contributed by atoms with Gasteiger partial charge in [-0.2, -0.15) is 5.10 Å². The molecule has 2 N–H and O–H groups in total. The molecule has 1 fully saturated rings. The number of rotatable bonds is 3. The fraction of sp³-hybridized carbons (Fsp3) is 0.750. The van der Waals surface area contributed by atoms with Crippen LogP contribution in [0.2, 0.25) is 0 Å². The number of aromatic nitrogens is 2. The highest BCUT2D eigenvalue weighted by Crippen LogP contribution is 2.35. The summed E-state index contributed by atoms with van der Waals surface area (Å²) in [6, 6.07) is -0.0450. The number of hydrogen-bond donors (Lipinski definition) is 1. The summed E-state index contributed by atoms with van der Waals surface area (Å²) in [6.45, 7) is 3.77. The molecule has 0 amide bonds. The SMILES string of the molecule is COc1cnn(C)c1C(N)C1CCOCC1C. The third-order valence-corrected chi connectivity index (χ3v) is 3.65. The molecule has 5 heteroatoms. The lowest BCUT2D eigenvalue weighted by Gasteiger charge is -2.33. The number of hydrogen-bond acceptors (Lipinski definition) is 4. The predicted octanol–water partition coefficient (Wildman–Crippen LogP) is 1.10. The Morgan fingerprint density at radius 1 is 1.65 bits per heavy atom. The van der Waals surface area contributed by atoms with Crippen LogP contribution in [-0.4, -0.2) is 30.1 Å². The second-order valence-electron chi connectivity index (χ2n) is 4.75. The summed E-state index contributed by atoms with van der Waals surface area (Å²) in [4.78, 5) is 0. The van der Waals surface area contributed by atoms with Crippen molar-refractivity contribution >= 4 is 0 Å². The smallest absolute Gasteiger partial charge is 0.161 e. The number of nitrogens with two attached hydrogens (primary N) is 1. The van der Waals surface area contributed by atoms with E-state index in [4.69, 9.17) is 15.2 Å². The van der Waals surface area contributed by atoms with Gasteiger partial charge in [-0.15, -0.1) is 0 Å². The van der Waals surface area contributed by atoms with Crippen molar-refractivity contribution in [1.82, 2.24) is 9.78 Å². The molecule has 2 rings (SSSR count). The highest BCUT2D eigenvalue weighted by atomic mass is 16.5. The van der Waals surface area contributed by atoms with Gasteiger partial charge in [0.15, 0.2) is 5.75 Å². The van der Waals surface area contributed by atoms with Crippen molar-refractivity contribution in [2.24, 2.45) is 24.6 Å². The van der Waals surface area contributed by atoms with E-state index < -0.39 is 0 Å². The van der Waals surface area contributed by atoms with Crippen LogP contribution in [-0.2, 0) is 11.8 Å². The number of ether oxygens (including phenoxy) is 2. The molecule has 1 aliphatic rings. The summed E-state index contributed by atoms with van der Waals surface area (Å²) in [5.74, 6) is 1.67. The fourth-order valence-corrected chi connectivity index (χ4v) is 2.60. The average Bonchev–Trinajstić information content (AvgIpc) is 2.70. The summed E-state index contributed by atoms with van der Waals surface area (Å²) < 4.78 is 12.6. The van der Waals surface area contributed by atoms with Crippen LogP contribution in [0.4, 0.5) is 0 Å². The lowest BCUT2D eigenvalue weighted by Crippen LogP contribution is -2.35. The van der Waals surface area contributed by atoms with E-state index in [1.165, 1.54) is 0 Å². The van der Waals surface area contributed by atoms with Crippen molar-refractivity contribution in [2.45, 2.75) is 19.4 Å². The molecule has 0 radical (unpaired) electrons. The second kappa shape index (κ2) is 5.06. The molecular weight excluding hydrogens is 218 g/mol. The van der Waals surface area contributed by atoms with Gasteiger partial charge in [-0.05, 0) is 18.3 Å². The molecule has 0 aromatic carbocycles. The van der Waals surface area contributed by atoms with E-state index >= 15 is 0 Å². The molecule has 0 bridgehead atoms. The maximum absolute atomic E-state index is 6.39. The third-order valence-electron chi connectivity index (χ3n) is 3.65. The van der Waals surface area contributed by atoms with Gasteiger partial charge in [-0.25, -0.2) is 0 Å². The van der Waals surface area contributed by atoms with Gasteiger partial charge in [-0.3, -0.25) is 4.68 Å². The number of aryl methyl sites for hydroxylation is 1. The Morgan fingerprint density at radius 2 is 2.41 bits per heavy atom. The van der Waals surface area contributed by atoms with Gasteiger partial charge in [0, 0.05) is 20.3 Å². The van der Waals surface area contributed by atoms with Crippen molar-refractivity contribution in [2.75, 3.05) is 20.3 Å². The van der Waals surface area contributed by atoms with Crippen LogP contribution in [0, 0.1) is 11.8 Å². The molecule has 1 aliphatic heterocycles. The predicted molar refractivity (Wildman–Crippen MR) is 64.8 cm³/mol. The Morgan fingerprint density at radius 3 is 3.06 bits per heavy atom. The summed E-state index contributed by atoms with van der Waals surface area (Å²) in [5.41, 5.74) is 7.36. The first kappa shape index (κ1) is 12.4. The Hall–Kier alpha value is -1.07. The van der Waals surface area contributed by atoms with Crippen molar-refractivity contribution in [3.8, 4) is 5.75 Å². The maximum atomic E-state index is 6.39. The van der Waals surface area contributed by atoms with Gasteiger partial charge in [0.25, 0.3) is 0 Å². The topological polar surface area (TPSA) is 62.3 Å². The van der Waals surface area contributed by atoms with Gasteiger partial charge in [0.1, 0.15) is 0 Å². The molecule has 0 saturated carbocycles. The molecule has 1 aromatic heterocycles. The van der Waals surface area contributed by atoms with E-state index in [1.807, 2.05) is 11.7 Å². The van der Waals surface area contributed by atoms with Gasteiger partial charge in [0.2, 0.25) is 0 Å². The molecule has 0 aliphatic carbocycles. The van der Waals surface area contributed by atoms with E-state index in [1.54, 1.807) is 13.3 Å². The summed E-state index contributed by atoms with van der Waals surface area (Å²) >= 11 is 0. The lowest BCUT2D eigenvalue weighted by molar-refractivity contribution is 0.0143. The highest BCUT2D eigenvalue weighted by Gasteiger charge is 2.31. The summed E-state index contributed by atoms with van der Waals surface area (Å²) in [7, 11) is 3.56. The lowest BCUT2D eigenvalue weighted by atomic mass is 9.82. The number of methoxy groups -OCH3 is 1. The van der Waals surface area contributed by atoms with Crippen LogP contribution in [0.15, 0.2) is 6.20 Å². The van der Waals surface area contributed by atoms with Crippen LogP contribution in [0.1, 0.15) is 25.1 Å². The van der Waals surface area contributed by atoms with Crippen LogP contribution in [0.5, 0.6) is 5.75 Å². The van der Waals surface area contributed by atoms with E-state index in [-0.39, 0.29) is 6.04 Å². The van der Waals surface area contributed by atoms with Crippen LogP contribution in [0.25, 0.3) is 0 Å². The largest absolute Gasteiger partial charge is 0.493 e. The van der Waals surface area contributed by atoms with E-state index in [9.17, 15) is 0 Å². The molecule has 3 atom stereocenters. The molecule has 96 valence electrons. The molecule has 2 heterocycles. The molecule has 5 nitrogen and oxygen atoms in total. The molecule has 17 heavy (non-hydrogen) atoms. The van der Waals surface area contributed by atoms with Crippen LogP contribution < -0.4 is 10.5 Å². The highest BCUT2D eigenvalue weighted by molar-refractivity contribution is 5.28. The zero-order chi connectivity index (χ0) is 12.4. The first-order valence-electron chi connectivity index (χ1n) is 6.04. The number of nitrogens with zero attached hydrogens (tertiary/aromatic N) is 2. The normalized spacial score (nSPS) is 26.8. The Bertz CT molecular complexity index is 378. The molecule has 3 unspecified atom stereocenters. The zero-order valence-electron chi connectivity index (χ0n) is 10.7. The third kappa shape index (κ3) is 2.30. The zero-order valence-corrected chi connectivity index (χ0v) is 10.7. The minimum absolute atomic E-state index is 0.0450. The average molecular weight is 239 g/mol. The van der Waals surface area contributed by atoms with E-state index in [2.05, 4.69) is 12.0 Å². The fourth-order valence-electron chi connectivity index (χ4n) is 2.60. The summed E-state index contributed by atoms with van der Waals surface area (Å²) in [6.07, 6.45) is 2.72. The molecular formula is C12H21N3O2. The van der Waals surface area contributed by atoms with Gasteiger partial charge in [-0.1, -0.05) is 6.92 Å². The first-order chi connectivity index (χ1) is 8.15. The molecule has 1 saturated heterocycles. The van der Waals surface area contributed by atoms with Gasteiger partial charge >= 0.3 is 0 Å². The quantitative estimate of drug-likeness (QED) is 0.858. The summed E-state index contributed by atoms with van der Waals surface area (Å²) in [5, 5.41) is 4.21. The standard InChI is InChI=1S/C12H21N3O2/c1-8-7-17-5-4-9(8)11(13)12-10(16-3)6-14-15(12)2/h6,8-9,11H,4-5,7,13H2,1-3H3. The van der Waals surface area contributed by atoms with Crippen molar-refractivity contribution in [3.05, 3.63) is 11.9 Å². The maximum Gasteiger partial charge on any atom is 0.161 e. The Kier molecular flexibility index (Phi) is 3.69. The molecule has 0 spiro atoms.